The molecule has 1 aromatic carbocycles. The molecule has 0 saturated carbocycles. The first-order valence-electron chi connectivity index (χ1n) is 10.5. The molecule has 1 atom stereocenters. The van der Waals surface area contributed by atoms with Crippen molar-refractivity contribution in [3.8, 4) is 11.4 Å². The summed E-state index contributed by atoms with van der Waals surface area (Å²) < 4.78 is 0. The van der Waals surface area contributed by atoms with Gasteiger partial charge in [-0.05, 0) is 49.5 Å². The number of hydrogen-bond donors (Lipinski definition) is 1. The van der Waals surface area contributed by atoms with Crippen molar-refractivity contribution in [1.29, 1.82) is 0 Å². The van der Waals surface area contributed by atoms with Crippen LogP contribution in [0.3, 0.4) is 0 Å². The second kappa shape index (κ2) is 10.3. The second-order valence-corrected chi connectivity index (χ2v) is 9.07. The van der Waals surface area contributed by atoms with Crippen LogP contribution in [0.15, 0.2) is 67.5 Å². The van der Waals surface area contributed by atoms with E-state index in [1.807, 2.05) is 50.3 Å². The quantitative estimate of drug-likeness (QED) is 0.427. The Hall–Kier alpha value is -3.05. The van der Waals surface area contributed by atoms with Gasteiger partial charge in [0.05, 0.1) is 4.88 Å². The van der Waals surface area contributed by atoms with Crippen molar-refractivity contribution in [3.05, 3.63) is 88.4 Å². The maximum absolute atomic E-state index is 12.5. The highest BCUT2D eigenvalue weighted by Crippen LogP contribution is 2.24. The molecule has 1 amide bonds. The van der Waals surface area contributed by atoms with E-state index in [0.717, 1.165) is 33.6 Å². The summed E-state index contributed by atoms with van der Waals surface area (Å²) >= 11 is 1.57. The molecule has 0 radical (unpaired) electrons. The van der Waals surface area contributed by atoms with Gasteiger partial charge in [-0.15, -0.1) is 11.3 Å². The van der Waals surface area contributed by atoms with Crippen LogP contribution in [-0.2, 0) is 6.42 Å². The number of nitrogens with zero attached hydrogens (tertiary/aromatic N) is 2. The number of carbonyl (C=O) groups is 1. The number of allylic oxidation sites excluding steroid dienone is 3. The first kappa shape index (κ1) is 22.6. The zero-order chi connectivity index (χ0) is 22.4. The molecule has 4 nitrogen and oxygen atoms in total. The summed E-state index contributed by atoms with van der Waals surface area (Å²) in [7, 11) is 0. The Morgan fingerprint density at radius 3 is 2.35 bits per heavy atom. The third kappa shape index (κ3) is 5.98. The van der Waals surface area contributed by atoms with E-state index >= 15 is 0 Å². The van der Waals surface area contributed by atoms with Crippen LogP contribution in [0.1, 0.15) is 59.3 Å². The van der Waals surface area contributed by atoms with Crippen molar-refractivity contribution >= 4 is 22.8 Å². The van der Waals surface area contributed by atoms with E-state index in [2.05, 4.69) is 47.8 Å². The van der Waals surface area contributed by atoms with Crippen LogP contribution < -0.4 is 5.32 Å². The van der Waals surface area contributed by atoms with Gasteiger partial charge in [0.15, 0.2) is 5.82 Å². The Morgan fingerprint density at radius 1 is 1.10 bits per heavy atom. The minimum Gasteiger partial charge on any atom is -0.349 e. The first-order chi connectivity index (χ1) is 14.9. The van der Waals surface area contributed by atoms with Gasteiger partial charge >= 0.3 is 0 Å². The molecule has 0 aliphatic rings. The lowest BCUT2D eigenvalue weighted by atomic mass is 10.0. The lowest BCUT2D eigenvalue weighted by Gasteiger charge is -2.13. The Bertz CT molecular complexity index is 1060. The average Bonchev–Trinajstić information content (AvgIpc) is 3.25. The van der Waals surface area contributed by atoms with Crippen LogP contribution in [-0.4, -0.2) is 21.9 Å². The molecule has 1 unspecified atom stereocenters. The fourth-order valence-electron chi connectivity index (χ4n) is 3.21. The molecule has 2 aromatic heterocycles. The fourth-order valence-corrected chi connectivity index (χ4v) is 4.13. The summed E-state index contributed by atoms with van der Waals surface area (Å²) in [6, 6.07) is 12.2. The normalized spacial score (nSPS) is 12.3. The van der Waals surface area contributed by atoms with Crippen molar-refractivity contribution in [3.63, 3.8) is 0 Å². The highest BCUT2D eigenvalue weighted by atomic mass is 32.1. The SMILES string of the molecule is C=C(/C=C\C)c1cnc(-c2ccc(CC(C)NC(=O)c3ccc(C(C)C)s3)cc2)nc1. The molecule has 160 valence electrons. The van der Waals surface area contributed by atoms with E-state index in [1.165, 1.54) is 4.88 Å². The summed E-state index contributed by atoms with van der Waals surface area (Å²) in [6.45, 7) is 12.3. The molecule has 0 aliphatic carbocycles. The van der Waals surface area contributed by atoms with Gasteiger partial charge in [-0.1, -0.05) is 56.8 Å². The molecule has 0 bridgehead atoms. The second-order valence-electron chi connectivity index (χ2n) is 7.95. The molecule has 3 rings (SSSR count). The number of thiophene rings is 1. The number of aromatic nitrogens is 2. The maximum atomic E-state index is 12.5. The molecule has 0 fully saturated rings. The lowest BCUT2D eigenvalue weighted by molar-refractivity contribution is 0.0944. The Balaban J connectivity index is 1.59. The van der Waals surface area contributed by atoms with Gasteiger partial charge < -0.3 is 5.32 Å². The van der Waals surface area contributed by atoms with E-state index in [0.29, 0.717) is 11.7 Å². The topological polar surface area (TPSA) is 54.9 Å². The monoisotopic (exact) mass is 431 g/mol. The molecule has 0 saturated heterocycles. The van der Waals surface area contributed by atoms with Crippen LogP contribution in [0.4, 0.5) is 0 Å². The lowest BCUT2D eigenvalue weighted by Crippen LogP contribution is -2.33. The summed E-state index contributed by atoms with van der Waals surface area (Å²) in [6.07, 6.45) is 8.24. The number of hydrogen-bond acceptors (Lipinski definition) is 4. The van der Waals surface area contributed by atoms with Gasteiger partial charge in [0.25, 0.3) is 5.91 Å². The van der Waals surface area contributed by atoms with Gasteiger partial charge in [-0.3, -0.25) is 4.79 Å². The third-order valence-corrected chi connectivity index (χ3v) is 6.33. The van der Waals surface area contributed by atoms with Crippen LogP contribution >= 0.6 is 11.3 Å². The van der Waals surface area contributed by atoms with Gasteiger partial charge in [-0.2, -0.15) is 0 Å². The number of benzene rings is 1. The van der Waals surface area contributed by atoms with E-state index < -0.39 is 0 Å². The third-order valence-electron chi connectivity index (χ3n) is 4.94. The molecule has 2 heterocycles. The first-order valence-corrected chi connectivity index (χ1v) is 11.3. The predicted molar refractivity (Wildman–Crippen MR) is 130 cm³/mol. The number of nitrogens with one attached hydrogen (secondary N) is 1. The minimum atomic E-state index is -0.00554. The zero-order valence-electron chi connectivity index (χ0n) is 18.6. The Kier molecular flexibility index (Phi) is 7.53. The molecule has 0 aliphatic heterocycles. The Labute approximate surface area is 188 Å². The number of rotatable bonds is 8. The highest BCUT2D eigenvalue weighted by molar-refractivity contribution is 7.14. The largest absolute Gasteiger partial charge is 0.349 e. The van der Waals surface area contributed by atoms with Crippen LogP contribution in [0.5, 0.6) is 0 Å². The maximum Gasteiger partial charge on any atom is 0.261 e. The van der Waals surface area contributed by atoms with Gasteiger partial charge in [0, 0.05) is 34.4 Å². The number of carbonyl (C=O) groups excluding carboxylic acids is 1. The van der Waals surface area contributed by atoms with Gasteiger partial charge in [0.1, 0.15) is 0 Å². The van der Waals surface area contributed by atoms with Crippen LogP contribution in [0, 0.1) is 0 Å². The highest BCUT2D eigenvalue weighted by Gasteiger charge is 2.14. The molecular weight excluding hydrogens is 402 g/mol. The van der Waals surface area contributed by atoms with Crippen molar-refractivity contribution in [1.82, 2.24) is 15.3 Å². The summed E-state index contributed by atoms with van der Waals surface area (Å²) in [5.74, 6) is 1.12. The van der Waals surface area contributed by atoms with Crippen LogP contribution in [0.2, 0.25) is 0 Å². The van der Waals surface area contributed by atoms with Crippen molar-refractivity contribution in [2.45, 2.75) is 46.1 Å². The zero-order valence-corrected chi connectivity index (χ0v) is 19.4. The average molecular weight is 432 g/mol. The van der Waals surface area contributed by atoms with Crippen molar-refractivity contribution < 1.29 is 4.79 Å². The smallest absolute Gasteiger partial charge is 0.261 e. The molecule has 1 N–H and O–H groups in total. The molecule has 31 heavy (non-hydrogen) atoms. The summed E-state index contributed by atoms with van der Waals surface area (Å²) in [5, 5.41) is 3.10. The van der Waals surface area contributed by atoms with Crippen molar-refractivity contribution in [2.24, 2.45) is 0 Å². The standard InChI is InChI=1S/C26H29N3OS/c1-6-7-18(4)22-15-27-25(28-16-22)21-10-8-20(9-11-21)14-19(5)29-26(30)24-13-12-23(31-24)17(2)3/h6-13,15-17,19H,4,14H2,1-3,5H3,(H,29,30)/b7-6-. The molecule has 5 heteroatoms. The molecule has 3 aromatic rings. The van der Waals surface area contributed by atoms with E-state index in [1.54, 1.807) is 23.7 Å². The van der Waals surface area contributed by atoms with Gasteiger partial charge in [0.2, 0.25) is 0 Å². The summed E-state index contributed by atoms with van der Waals surface area (Å²) in [5.41, 5.74) is 3.92. The van der Waals surface area contributed by atoms with Gasteiger partial charge in [-0.25, -0.2) is 9.97 Å². The molecule has 0 spiro atoms. The number of amides is 1. The Morgan fingerprint density at radius 2 is 1.77 bits per heavy atom. The van der Waals surface area contributed by atoms with E-state index in [9.17, 15) is 4.79 Å². The van der Waals surface area contributed by atoms with Crippen molar-refractivity contribution in [2.75, 3.05) is 0 Å². The summed E-state index contributed by atoms with van der Waals surface area (Å²) in [4.78, 5) is 23.4. The molecular formula is C26H29N3OS. The van der Waals surface area contributed by atoms with Crippen LogP contribution in [0.25, 0.3) is 17.0 Å². The predicted octanol–water partition coefficient (Wildman–Crippen LogP) is 6.28. The van der Waals surface area contributed by atoms with E-state index in [-0.39, 0.29) is 11.9 Å². The minimum absolute atomic E-state index is 0.00554. The fraction of sp³-hybridized carbons (Fsp3) is 0.269. The van der Waals surface area contributed by atoms with E-state index in [4.69, 9.17) is 0 Å².